The van der Waals surface area contributed by atoms with Crippen LogP contribution < -0.4 is 10.0 Å². The molecule has 0 aliphatic heterocycles. The highest BCUT2D eigenvalue weighted by molar-refractivity contribution is 7.89. The third-order valence-corrected chi connectivity index (χ3v) is 4.62. The first-order chi connectivity index (χ1) is 11.9. The van der Waals surface area contributed by atoms with Gasteiger partial charge in [-0.25, -0.2) is 13.4 Å². The number of amides is 2. The van der Waals surface area contributed by atoms with Gasteiger partial charge < -0.3 is 9.88 Å². The molecule has 0 unspecified atom stereocenters. The zero-order valence-corrected chi connectivity index (χ0v) is 16.1. The van der Waals surface area contributed by atoms with Crippen molar-refractivity contribution < 1.29 is 18.0 Å². The van der Waals surface area contributed by atoms with Gasteiger partial charge in [0.2, 0.25) is 21.8 Å². The average molecular weight is 378 g/mol. The number of sulfonamides is 1. The maximum atomic E-state index is 12.4. The molecule has 0 saturated carbocycles. The number of hydrogen-bond acceptors (Lipinski definition) is 5. The van der Waals surface area contributed by atoms with E-state index in [2.05, 4.69) is 10.3 Å². The minimum atomic E-state index is -3.74. The predicted molar refractivity (Wildman–Crippen MR) is 98.4 cm³/mol. The third kappa shape index (κ3) is 4.29. The maximum Gasteiger partial charge on any atom is 0.248 e. The summed E-state index contributed by atoms with van der Waals surface area (Å²) in [4.78, 5) is 28.7. The number of carbonyl (C=O) groups is 2. The molecule has 2 aromatic rings. The molecular weight excluding hydrogens is 356 g/mol. The van der Waals surface area contributed by atoms with Gasteiger partial charge in [0.05, 0.1) is 18.3 Å². The van der Waals surface area contributed by atoms with Crippen LogP contribution in [0.25, 0.3) is 5.69 Å². The maximum absolute atomic E-state index is 12.4. The first kappa shape index (κ1) is 19.6. The Balaban J connectivity index is 2.14. The summed E-state index contributed by atoms with van der Waals surface area (Å²) >= 11 is 0. The van der Waals surface area contributed by atoms with Crippen LogP contribution in [0.1, 0.15) is 25.2 Å². The van der Waals surface area contributed by atoms with Gasteiger partial charge in [0.25, 0.3) is 0 Å². The number of anilines is 1. The average Bonchev–Trinajstić information content (AvgIpc) is 2.86. The fourth-order valence-electron chi connectivity index (χ4n) is 2.15. The standard InChI is InChI=1S/C17H22N4O4S/c1-11-12(2)21(10-18-11)14-8-6-13(7-9-14)19-15(22)17(3,4)16(23)20-26(5,24)25/h6-10H,1-5H3,(H,19,22)(H,20,23). The molecule has 2 rings (SSSR count). The molecule has 26 heavy (non-hydrogen) atoms. The second-order valence-electron chi connectivity index (χ2n) is 6.61. The van der Waals surface area contributed by atoms with Crippen LogP contribution in [0.15, 0.2) is 30.6 Å². The molecule has 0 radical (unpaired) electrons. The van der Waals surface area contributed by atoms with E-state index >= 15 is 0 Å². The molecule has 9 heteroatoms. The Morgan fingerprint density at radius 1 is 1.08 bits per heavy atom. The lowest BCUT2D eigenvalue weighted by Crippen LogP contribution is -2.46. The van der Waals surface area contributed by atoms with E-state index in [-0.39, 0.29) is 0 Å². The van der Waals surface area contributed by atoms with E-state index in [1.807, 2.05) is 35.3 Å². The Bertz CT molecular complexity index is 944. The summed E-state index contributed by atoms with van der Waals surface area (Å²) in [6.45, 7) is 6.59. The smallest absolute Gasteiger partial charge is 0.248 e. The molecule has 1 aromatic heterocycles. The van der Waals surface area contributed by atoms with E-state index < -0.39 is 27.3 Å². The normalized spacial score (nSPS) is 11.9. The van der Waals surface area contributed by atoms with E-state index in [0.717, 1.165) is 23.3 Å². The summed E-state index contributed by atoms with van der Waals surface area (Å²) in [6, 6.07) is 7.03. The van der Waals surface area contributed by atoms with E-state index in [1.165, 1.54) is 13.8 Å². The lowest BCUT2D eigenvalue weighted by Gasteiger charge is -2.22. The highest BCUT2D eigenvalue weighted by Gasteiger charge is 2.37. The second kappa shape index (κ2) is 6.91. The van der Waals surface area contributed by atoms with Gasteiger partial charge in [-0.3, -0.25) is 14.3 Å². The Morgan fingerprint density at radius 2 is 1.65 bits per heavy atom. The molecule has 0 spiro atoms. The van der Waals surface area contributed by atoms with E-state index in [1.54, 1.807) is 18.5 Å². The number of aryl methyl sites for hydroxylation is 1. The minimum Gasteiger partial charge on any atom is -0.325 e. The monoisotopic (exact) mass is 378 g/mol. The van der Waals surface area contributed by atoms with Crippen LogP contribution >= 0.6 is 0 Å². The number of imidazole rings is 1. The molecule has 0 saturated heterocycles. The van der Waals surface area contributed by atoms with Crippen LogP contribution in [0.3, 0.4) is 0 Å². The van der Waals surface area contributed by atoms with Gasteiger partial charge >= 0.3 is 0 Å². The van der Waals surface area contributed by atoms with Crippen LogP contribution in [0.2, 0.25) is 0 Å². The van der Waals surface area contributed by atoms with Gasteiger partial charge in [-0.2, -0.15) is 0 Å². The van der Waals surface area contributed by atoms with Crippen molar-refractivity contribution in [3.63, 3.8) is 0 Å². The number of aromatic nitrogens is 2. The number of rotatable bonds is 5. The van der Waals surface area contributed by atoms with Crippen LogP contribution in [-0.4, -0.2) is 36.0 Å². The molecule has 0 aliphatic rings. The van der Waals surface area contributed by atoms with Gasteiger partial charge in [-0.1, -0.05) is 0 Å². The molecule has 0 bridgehead atoms. The summed E-state index contributed by atoms with van der Waals surface area (Å²) in [5.74, 6) is -1.50. The summed E-state index contributed by atoms with van der Waals surface area (Å²) in [5.41, 5.74) is 1.77. The van der Waals surface area contributed by atoms with Gasteiger partial charge in [-0.15, -0.1) is 0 Å². The largest absolute Gasteiger partial charge is 0.325 e. The molecular formula is C17H22N4O4S. The minimum absolute atomic E-state index is 0.494. The van der Waals surface area contributed by atoms with Gasteiger partial charge in [0, 0.05) is 17.1 Å². The highest BCUT2D eigenvalue weighted by atomic mass is 32.2. The molecule has 0 aliphatic carbocycles. The zero-order chi connectivity index (χ0) is 19.7. The van der Waals surface area contributed by atoms with Gasteiger partial charge in [0.1, 0.15) is 5.41 Å². The molecule has 1 heterocycles. The van der Waals surface area contributed by atoms with Crippen LogP contribution in [0.5, 0.6) is 0 Å². The van der Waals surface area contributed by atoms with Crippen molar-refractivity contribution in [3.8, 4) is 5.69 Å². The summed E-state index contributed by atoms with van der Waals surface area (Å²) in [7, 11) is -3.74. The van der Waals surface area contributed by atoms with Crippen molar-refractivity contribution in [1.82, 2.24) is 14.3 Å². The molecule has 0 atom stereocenters. The number of nitrogens with zero attached hydrogens (tertiary/aromatic N) is 2. The number of hydrogen-bond donors (Lipinski definition) is 2. The molecule has 8 nitrogen and oxygen atoms in total. The van der Waals surface area contributed by atoms with Gasteiger partial charge in [0.15, 0.2) is 0 Å². The van der Waals surface area contributed by atoms with E-state index in [4.69, 9.17) is 0 Å². The van der Waals surface area contributed by atoms with E-state index in [0.29, 0.717) is 5.69 Å². The molecule has 2 amide bonds. The zero-order valence-electron chi connectivity index (χ0n) is 15.3. The van der Waals surface area contributed by atoms with E-state index in [9.17, 15) is 18.0 Å². The SMILES string of the molecule is Cc1ncn(-c2ccc(NC(=O)C(C)(C)C(=O)NS(C)(=O)=O)cc2)c1C. The molecule has 1 aromatic carbocycles. The Labute approximate surface area is 152 Å². The second-order valence-corrected chi connectivity index (χ2v) is 8.36. The van der Waals surface area contributed by atoms with Crippen LogP contribution in [0.4, 0.5) is 5.69 Å². The van der Waals surface area contributed by atoms with Crippen LogP contribution in [0, 0.1) is 19.3 Å². The summed E-state index contributed by atoms with van der Waals surface area (Å²) < 4.78 is 26.1. The Morgan fingerprint density at radius 3 is 2.12 bits per heavy atom. The molecule has 140 valence electrons. The molecule has 2 N–H and O–H groups in total. The highest BCUT2D eigenvalue weighted by Crippen LogP contribution is 2.21. The van der Waals surface area contributed by atoms with Crippen molar-refractivity contribution in [3.05, 3.63) is 42.0 Å². The number of nitrogens with one attached hydrogen (secondary N) is 2. The Hall–Kier alpha value is -2.68. The fourth-order valence-corrected chi connectivity index (χ4v) is 2.74. The lowest BCUT2D eigenvalue weighted by atomic mass is 9.91. The predicted octanol–water partition coefficient (Wildman–Crippen LogP) is 1.53. The topological polar surface area (TPSA) is 110 Å². The van der Waals surface area contributed by atoms with Crippen molar-refractivity contribution in [2.45, 2.75) is 27.7 Å². The summed E-state index contributed by atoms with van der Waals surface area (Å²) in [6.07, 6.45) is 2.58. The van der Waals surface area contributed by atoms with Gasteiger partial charge in [-0.05, 0) is 52.0 Å². The quantitative estimate of drug-likeness (QED) is 0.767. The Kier molecular flexibility index (Phi) is 5.22. The number of carbonyl (C=O) groups excluding carboxylic acids is 2. The lowest BCUT2D eigenvalue weighted by molar-refractivity contribution is -0.137. The van der Waals surface area contributed by atoms with Crippen molar-refractivity contribution in [2.75, 3.05) is 11.6 Å². The first-order valence-electron chi connectivity index (χ1n) is 7.86. The van der Waals surface area contributed by atoms with Crippen molar-refractivity contribution >= 4 is 27.5 Å². The molecule has 0 fully saturated rings. The summed E-state index contributed by atoms with van der Waals surface area (Å²) in [5, 5.41) is 2.63. The third-order valence-electron chi connectivity index (χ3n) is 4.07. The number of benzene rings is 1. The van der Waals surface area contributed by atoms with Crippen LogP contribution in [-0.2, 0) is 19.6 Å². The van der Waals surface area contributed by atoms with Crippen molar-refractivity contribution in [2.24, 2.45) is 5.41 Å². The van der Waals surface area contributed by atoms with Crippen molar-refractivity contribution in [1.29, 1.82) is 0 Å². The first-order valence-corrected chi connectivity index (χ1v) is 9.75. The fraction of sp³-hybridized carbons (Fsp3) is 0.353.